The Bertz CT molecular complexity index is 875. The Morgan fingerprint density at radius 2 is 2.11 bits per heavy atom. The first kappa shape index (κ1) is 17.3. The van der Waals surface area contributed by atoms with Crippen LogP contribution in [0.5, 0.6) is 0 Å². The molecule has 0 aliphatic carbocycles. The van der Waals surface area contributed by atoms with Crippen LogP contribution in [0.4, 0.5) is 5.69 Å². The molecule has 1 aromatic rings. The molecule has 1 N–H and O–H groups in total. The number of carbonyl (C=O) groups excluding carboxylic acids is 3. The average Bonchev–Trinajstić information content (AvgIpc) is 3.33. The van der Waals surface area contributed by atoms with Gasteiger partial charge in [0.05, 0.1) is 25.0 Å². The van der Waals surface area contributed by atoms with Gasteiger partial charge in [-0.25, -0.2) is 0 Å². The van der Waals surface area contributed by atoms with Crippen LogP contribution in [0.25, 0.3) is 0 Å². The molecule has 4 aliphatic rings. The molecule has 0 radical (unpaired) electrons. The van der Waals surface area contributed by atoms with Crippen molar-refractivity contribution in [3.8, 4) is 0 Å². The first-order valence-corrected chi connectivity index (χ1v) is 10.0. The fraction of sp³-hybridized carbons (Fsp3) is 0.526. The molecule has 4 atom stereocenters. The first-order valence-electron chi connectivity index (χ1n) is 9.24. The minimum absolute atomic E-state index is 0.0744. The van der Waals surface area contributed by atoms with E-state index in [2.05, 4.69) is 26.1 Å². The Hall–Kier alpha value is -1.77. The lowest BCUT2D eigenvalue weighted by molar-refractivity contribution is -0.146. The van der Waals surface area contributed by atoms with Crippen molar-refractivity contribution in [1.82, 2.24) is 9.80 Å². The van der Waals surface area contributed by atoms with Gasteiger partial charge in [0, 0.05) is 28.9 Å². The van der Waals surface area contributed by atoms with E-state index in [1.165, 1.54) is 4.90 Å². The number of nitrogens with one attached hydrogen (secondary N) is 1. The van der Waals surface area contributed by atoms with Crippen molar-refractivity contribution >= 4 is 39.3 Å². The third-order valence-electron chi connectivity index (χ3n) is 6.56. The zero-order valence-electron chi connectivity index (χ0n) is 14.9. The van der Waals surface area contributed by atoms with Crippen LogP contribution in [-0.4, -0.2) is 60.4 Å². The van der Waals surface area contributed by atoms with E-state index < -0.39 is 17.4 Å². The standard InChI is InChI=1S/C19H20BrN3O4/c1-27-8-7-22-16(24)14-13-3-2-6-23(13)19(15(14)17(22)25)11-9-10(20)4-5-12(11)21-18(19)26/h4-5,9,13-15H,2-3,6-8H2,1H3,(H,21,26)/t13?,14-,15+,19?/m1/s1. The predicted molar refractivity (Wildman–Crippen MR) is 99.8 cm³/mol. The number of hydrogen-bond donors (Lipinski definition) is 1. The number of halogens is 1. The lowest BCUT2D eigenvalue weighted by Gasteiger charge is -2.36. The number of fused-ring (bicyclic) bond motifs is 7. The Kier molecular flexibility index (Phi) is 3.76. The molecule has 0 saturated carbocycles. The van der Waals surface area contributed by atoms with Gasteiger partial charge >= 0.3 is 0 Å². The van der Waals surface area contributed by atoms with Crippen LogP contribution in [0.15, 0.2) is 22.7 Å². The number of methoxy groups -OCH3 is 1. The zero-order valence-corrected chi connectivity index (χ0v) is 16.5. The Balaban J connectivity index is 1.69. The number of imide groups is 1. The molecule has 0 aromatic heterocycles. The molecular weight excluding hydrogens is 414 g/mol. The maximum atomic E-state index is 13.4. The largest absolute Gasteiger partial charge is 0.383 e. The number of amides is 3. The van der Waals surface area contributed by atoms with Crippen LogP contribution < -0.4 is 5.32 Å². The Morgan fingerprint density at radius 3 is 2.89 bits per heavy atom. The van der Waals surface area contributed by atoms with Crippen molar-refractivity contribution in [1.29, 1.82) is 0 Å². The second-order valence-corrected chi connectivity index (χ2v) is 8.55. The third kappa shape index (κ3) is 2.01. The summed E-state index contributed by atoms with van der Waals surface area (Å²) in [5, 5.41) is 2.97. The summed E-state index contributed by atoms with van der Waals surface area (Å²) >= 11 is 3.50. The van der Waals surface area contributed by atoms with Gasteiger partial charge in [-0.05, 0) is 37.6 Å². The molecule has 7 nitrogen and oxygen atoms in total. The third-order valence-corrected chi connectivity index (χ3v) is 7.06. The zero-order chi connectivity index (χ0) is 18.9. The van der Waals surface area contributed by atoms with Crippen molar-refractivity contribution in [2.75, 3.05) is 32.1 Å². The van der Waals surface area contributed by atoms with Gasteiger partial charge in [-0.1, -0.05) is 15.9 Å². The summed E-state index contributed by atoms with van der Waals surface area (Å²) in [5.41, 5.74) is 0.431. The van der Waals surface area contributed by atoms with E-state index >= 15 is 0 Å². The summed E-state index contributed by atoms with van der Waals surface area (Å²) in [4.78, 5) is 43.3. The lowest BCUT2D eigenvalue weighted by atomic mass is 9.75. The van der Waals surface area contributed by atoms with E-state index in [1.807, 2.05) is 18.2 Å². The van der Waals surface area contributed by atoms with Gasteiger partial charge in [-0.15, -0.1) is 0 Å². The van der Waals surface area contributed by atoms with Crippen LogP contribution in [0, 0.1) is 11.8 Å². The van der Waals surface area contributed by atoms with Crippen LogP contribution >= 0.6 is 15.9 Å². The fourth-order valence-electron chi connectivity index (χ4n) is 5.64. The predicted octanol–water partition coefficient (Wildman–Crippen LogP) is 1.32. The lowest BCUT2D eigenvalue weighted by Crippen LogP contribution is -2.54. The molecular formula is C19H20BrN3O4. The van der Waals surface area contributed by atoms with Crippen LogP contribution in [-0.2, 0) is 24.7 Å². The number of ether oxygens (including phenoxy) is 1. The minimum atomic E-state index is -1.10. The second kappa shape index (κ2) is 5.86. The Labute approximate surface area is 165 Å². The topological polar surface area (TPSA) is 79.0 Å². The number of hydrogen-bond acceptors (Lipinski definition) is 5. The Morgan fingerprint density at radius 1 is 1.30 bits per heavy atom. The SMILES string of the molecule is COCCN1C(=O)[C@@H]2C3CCCN3C3(C(=O)Nc4ccc(Br)cc43)[C@@H]2C1=O. The smallest absolute Gasteiger partial charge is 0.250 e. The molecule has 142 valence electrons. The molecule has 8 heteroatoms. The van der Waals surface area contributed by atoms with E-state index in [-0.39, 0.29) is 30.3 Å². The minimum Gasteiger partial charge on any atom is -0.383 e. The summed E-state index contributed by atoms with van der Waals surface area (Å²) in [7, 11) is 1.55. The molecule has 4 aliphatic heterocycles. The maximum Gasteiger partial charge on any atom is 0.250 e. The molecule has 3 amide bonds. The number of likely N-dealkylation sites (tertiary alicyclic amines) is 1. The van der Waals surface area contributed by atoms with Gasteiger partial charge in [-0.2, -0.15) is 0 Å². The van der Waals surface area contributed by atoms with Crippen molar-refractivity contribution in [3.05, 3.63) is 28.2 Å². The molecule has 2 unspecified atom stereocenters. The highest BCUT2D eigenvalue weighted by Gasteiger charge is 2.74. The highest BCUT2D eigenvalue weighted by molar-refractivity contribution is 9.10. The van der Waals surface area contributed by atoms with Gasteiger partial charge in [0.15, 0.2) is 0 Å². The average molecular weight is 434 g/mol. The van der Waals surface area contributed by atoms with Gasteiger partial charge in [0.1, 0.15) is 5.54 Å². The van der Waals surface area contributed by atoms with E-state index in [0.29, 0.717) is 6.61 Å². The summed E-state index contributed by atoms with van der Waals surface area (Å²) in [6.45, 7) is 1.25. The molecule has 1 aromatic carbocycles. The van der Waals surface area contributed by atoms with Crippen molar-refractivity contribution < 1.29 is 19.1 Å². The van der Waals surface area contributed by atoms with Gasteiger partial charge in [0.2, 0.25) is 17.7 Å². The highest BCUT2D eigenvalue weighted by atomic mass is 79.9. The van der Waals surface area contributed by atoms with Crippen LogP contribution in [0.1, 0.15) is 18.4 Å². The van der Waals surface area contributed by atoms with Gasteiger partial charge < -0.3 is 10.1 Å². The maximum absolute atomic E-state index is 13.4. The van der Waals surface area contributed by atoms with E-state index in [1.54, 1.807) is 7.11 Å². The molecule has 0 bridgehead atoms. The van der Waals surface area contributed by atoms with Crippen LogP contribution in [0.3, 0.4) is 0 Å². The molecule has 5 rings (SSSR count). The monoisotopic (exact) mass is 433 g/mol. The summed E-state index contributed by atoms with van der Waals surface area (Å²) in [5.74, 6) is -1.74. The fourth-order valence-corrected chi connectivity index (χ4v) is 6.00. The molecule has 27 heavy (non-hydrogen) atoms. The molecule has 3 saturated heterocycles. The van der Waals surface area contributed by atoms with E-state index in [9.17, 15) is 14.4 Å². The molecule has 4 heterocycles. The summed E-state index contributed by atoms with van der Waals surface area (Å²) < 4.78 is 5.93. The summed E-state index contributed by atoms with van der Waals surface area (Å²) in [6, 6.07) is 5.57. The van der Waals surface area contributed by atoms with E-state index in [4.69, 9.17) is 4.74 Å². The number of rotatable bonds is 3. The second-order valence-electron chi connectivity index (χ2n) is 7.64. The van der Waals surface area contributed by atoms with Crippen LogP contribution in [0.2, 0.25) is 0 Å². The first-order chi connectivity index (χ1) is 13.0. The normalized spacial score (nSPS) is 34.4. The summed E-state index contributed by atoms with van der Waals surface area (Å²) in [6.07, 6.45) is 1.75. The number of anilines is 1. The number of nitrogens with zero attached hydrogens (tertiary/aromatic N) is 2. The number of carbonyl (C=O) groups is 3. The van der Waals surface area contributed by atoms with Gasteiger partial charge in [-0.3, -0.25) is 24.2 Å². The molecule has 1 spiro atoms. The highest BCUT2D eigenvalue weighted by Crippen LogP contribution is 2.60. The van der Waals surface area contributed by atoms with Crippen molar-refractivity contribution in [2.24, 2.45) is 11.8 Å². The van der Waals surface area contributed by atoms with Gasteiger partial charge in [0.25, 0.3) is 0 Å². The van der Waals surface area contributed by atoms with Crippen molar-refractivity contribution in [3.63, 3.8) is 0 Å². The number of benzene rings is 1. The molecule has 3 fully saturated rings. The quantitative estimate of drug-likeness (QED) is 0.727. The van der Waals surface area contributed by atoms with Crippen molar-refractivity contribution in [2.45, 2.75) is 24.4 Å². The van der Waals surface area contributed by atoms with E-state index in [0.717, 1.165) is 35.1 Å².